The van der Waals surface area contributed by atoms with E-state index in [0.717, 1.165) is 10.6 Å². The number of hydrogen-bond donors (Lipinski definition) is 1. The molecule has 1 aromatic carbocycles. The Labute approximate surface area is 112 Å². The molecule has 1 N–H and O–H groups in total. The molecule has 1 aliphatic heterocycles. The molecule has 1 saturated heterocycles. The van der Waals surface area contributed by atoms with E-state index < -0.39 is 0 Å². The fourth-order valence-electron chi connectivity index (χ4n) is 2.67. The van der Waals surface area contributed by atoms with Crippen molar-refractivity contribution >= 4 is 26.7 Å². The van der Waals surface area contributed by atoms with E-state index in [4.69, 9.17) is 0 Å². The minimum absolute atomic E-state index is 0.584. The molecule has 0 spiro atoms. The van der Waals surface area contributed by atoms with E-state index in [1.54, 1.807) is 11.3 Å². The number of nitrogens with one attached hydrogen (secondary N) is 1. The summed E-state index contributed by atoms with van der Waals surface area (Å²) in [6, 6.07) is 9.47. The summed E-state index contributed by atoms with van der Waals surface area (Å²) >= 11 is 1.73. The Balaban J connectivity index is 1.82. The van der Waals surface area contributed by atoms with Crippen molar-refractivity contribution < 1.29 is 0 Å². The summed E-state index contributed by atoms with van der Waals surface area (Å²) < 4.78 is 1.25. The molecule has 0 aliphatic carbocycles. The number of fused-ring (bicyclic) bond motifs is 1. The molecule has 1 aliphatic rings. The van der Waals surface area contributed by atoms with Gasteiger partial charge in [-0.2, -0.15) is 0 Å². The van der Waals surface area contributed by atoms with Crippen LogP contribution in [0.3, 0.4) is 0 Å². The third kappa shape index (κ3) is 2.22. The van der Waals surface area contributed by atoms with E-state index in [1.807, 2.05) is 6.07 Å². The van der Waals surface area contributed by atoms with Gasteiger partial charge in [-0.15, -0.1) is 0 Å². The molecule has 3 nitrogen and oxygen atoms in total. The van der Waals surface area contributed by atoms with E-state index in [1.165, 1.54) is 24.0 Å². The Morgan fingerprint density at radius 1 is 1.22 bits per heavy atom. The van der Waals surface area contributed by atoms with Gasteiger partial charge in [0.05, 0.1) is 10.2 Å². The van der Waals surface area contributed by atoms with Crippen LogP contribution in [0.15, 0.2) is 24.3 Å². The Kier molecular flexibility index (Phi) is 3.22. The SMILES string of the molecule is CC1CCCC(C)N1Nc1nc2ccccc2s1. The number of anilines is 1. The van der Waals surface area contributed by atoms with Gasteiger partial charge in [0.1, 0.15) is 0 Å². The number of hydrogen-bond acceptors (Lipinski definition) is 4. The van der Waals surface area contributed by atoms with E-state index in [0.29, 0.717) is 12.1 Å². The van der Waals surface area contributed by atoms with Crippen LogP contribution in [-0.2, 0) is 0 Å². The van der Waals surface area contributed by atoms with Crippen molar-refractivity contribution in [3.63, 3.8) is 0 Å². The Morgan fingerprint density at radius 3 is 2.67 bits per heavy atom. The normalized spacial score (nSPS) is 25.4. The summed E-state index contributed by atoms with van der Waals surface area (Å²) in [5.74, 6) is 0. The summed E-state index contributed by atoms with van der Waals surface area (Å²) in [6.45, 7) is 4.58. The molecule has 2 atom stereocenters. The molecule has 0 amide bonds. The van der Waals surface area contributed by atoms with Crippen LogP contribution in [0.25, 0.3) is 10.2 Å². The second kappa shape index (κ2) is 4.86. The molecule has 2 unspecified atom stereocenters. The summed E-state index contributed by atoms with van der Waals surface area (Å²) in [5, 5.41) is 3.37. The largest absolute Gasteiger partial charge is 0.294 e. The fourth-order valence-corrected chi connectivity index (χ4v) is 3.54. The van der Waals surface area contributed by atoms with E-state index >= 15 is 0 Å². The zero-order valence-electron chi connectivity index (χ0n) is 10.9. The van der Waals surface area contributed by atoms with Gasteiger partial charge in [-0.25, -0.2) is 9.99 Å². The second-order valence-corrected chi connectivity index (χ2v) is 6.17. The Hall–Kier alpha value is -1.13. The van der Waals surface area contributed by atoms with Gasteiger partial charge in [0.2, 0.25) is 0 Å². The monoisotopic (exact) mass is 261 g/mol. The zero-order chi connectivity index (χ0) is 12.5. The smallest absolute Gasteiger partial charge is 0.198 e. The number of aromatic nitrogens is 1. The average Bonchev–Trinajstić information content (AvgIpc) is 2.76. The molecule has 0 saturated carbocycles. The summed E-state index contributed by atoms with van der Waals surface area (Å²) in [6.07, 6.45) is 3.87. The predicted octanol–water partition coefficient (Wildman–Crippen LogP) is 3.89. The summed E-state index contributed by atoms with van der Waals surface area (Å²) in [4.78, 5) is 4.64. The lowest BCUT2D eigenvalue weighted by atomic mass is 10.00. The zero-order valence-corrected chi connectivity index (χ0v) is 11.7. The molecule has 18 heavy (non-hydrogen) atoms. The number of piperidine rings is 1. The van der Waals surface area contributed by atoms with Gasteiger partial charge >= 0.3 is 0 Å². The van der Waals surface area contributed by atoms with Gasteiger partial charge in [-0.1, -0.05) is 29.9 Å². The van der Waals surface area contributed by atoms with Gasteiger partial charge in [0, 0.05) is 12.1 Å². The first-order chi connectivity index (χ1) is 8.74. The highest BCUT2D eigenvalue weighted by molar-refractivity contribution is 7.22. The Bertz CT molecular complexity index is 494. The molecule has 4 heteroatoms. The topological polar surface area (TPSA) is 28.2 Å². The highest BCUT2D eigenvalue weighted by Crippen LogP contribution is 2.28. The van der Waals surface area contributed by atoms with Crippen LogP contribution in [0.1, 0.15) is 33.1 Å². The third-order valence-corrected chi connectivity index (χ3v) is 4.65. The maximum atomic E-state index is 4.64. The first kappa shape index (κ1) is 11.9. The lowest BCUT2D eigenvalue weighted by molar-refractivity contribution is 0.136. The molecule has 0 bridgehead atoms. The minimum Gasteiger partial charge on any atom is -0.294 e. The lowest BCUT2D eigenvalue weighted by Gasteiger charge is -2.38. The van der Waals surface area contributed by atoms with E-state index in [2.05, 4.69) is 47.5 Å². The standard InChI is InChI=1S/C14H19N3S/c1-10-6-5-7-11(2)17(10)16-14-15-12-8-3-4-9-13(12)18-14/h3-4,8-11H,5-7H2,1-2H3,(H,15,16). The molecular weight excluding hydrogens is 242 g/mol. The first-order valence-corrected chi connectivity index (χ1v) is 7.46. The number of para-hydroxylation sites is 1. The number of nitrogens with zero attached hydrogens (tertiary/aromatic N) is 2. The van der Waals surface area contributed by atoms with Gasteiger partial charge in [-0.3, -0.25) is 5.43 Å². The minimum atomic E-state index is 0.584. The summed E-state index contributed by atoms with van der Waals surface area (Å²) in [5.41, 5.74) is 4.60. The highest BCUT2D eigenvalue weighted by Gasteiger charge is 2.25. The van der Waals surface area contributed by atoms with Gasteiger partial charge in [0.15, 0.2) is 5.13 Å². The fraction of sp³-hybridized carbons (Fsp3) is 0.500. The molecule has 0 radical (unpaired) electrons. The molecule has 3 rings (SSSR count). The van der Waals surface area contributed by atoms with Crippen molar-refractivity contribution in [1.82, 2.24) is 9.99 Å². The van der Waals surface area contributed by atoms with Crippen LogP contribution in [-0.4, -0.2) is 22.1 Å². The second-order valence-electron chi connectivity index (χ2n) is 5.13. The van der Waals surface area contributed by atoms with Crippen molar-refractivity contribution in [3.8, 4) is 0 Å². The van der Waals surface area contributed by atoms with Gasteiger partial charge in [-0.05, 0) is 38.8 Å². The Morgan fingerprint density at radius 2 is 1.94 bits per heavy atom. The van der Waals surface area contributed by atoms with Crippen molar-refractivity contribution in [2.75, 3.05) is 5.43 Å². The lowest BCUT2D eigenvalue weighted by Crippen LogP contribution is -2.47. The number of rotatable bonds is 2. The molecular formula is C14H19N3S. The maximum Gasteiger partial charge on any atom is 0.198 e. The quantitative estimate of drug-likeness (QED) is 0.889. The highest BCUT2D eigenvalue weighted by atomic mass is 32.1. The number of hydrazine groups is 1. The molecule has 1 fully saturated rings. The van der Waals surface area contributed by atoms with Crippen molar-refractivity contribution in [3.05, 3.63) is 24.3 Å². The predicted molar refractivity (Wildman–Crippen MR) is 77.9 cm³/mol. The van der Waals surface area contributed by atoms with Crippen LogP contribution in [0.4, 0.5) is 5.13 Å². The number of thiazole rings is 1. The summed E-state index contributed by atoms with van der Waals surface area (Å²) in [7, 11) is 0. The average molecular weight is 261 g/mol. The van der Waals surface area contributed by atoms with Gasteiger partial charge < -0.3 is 0 Å². The molecule has 2 heterocycles. The maximum absolute atomic E-state index is 4.64. The van der Waals surface area contributed by atoms with Crippen molar-refractivity contribution in [2.24, 2.45) is 0 Å². The van der Waals surface area contributed by atoms with Crippen LogP contribution in [0, 0.1) is 0 Å². The molecule has 96 valence electrons. The first-order valence-electron chi connectivity index (χ1n) is 6.64. The number of benzene rings is 1. The third-order valence-electron chi connectivity index (χ3n) is 3.71. The van der Waals surface area contributed by atoms with E-state index in [-0.39, 0.29) is 0 Å². The van der Waals surface area contributed by atoms with E-state index in [9.17, 15) is 0 Å². The van der Waals surface area contributed by atoms with Crippen LogP contribution < -0.4 is 5.43 Å². The van der Waals surface area contributed by atoms with Gasteiger partial charge in [0.25, 0.3) is 0 Å². The van der Waals surface area contributed by atoms with Crippen LogP contribution in [0.2, 0.25) is 0 Å². The molecule has 2 aromatic rings. The van der Waals surface area contributed by atoms with Crippen molar-refractivity contribution in [2.45, 2.75) is 45.2 Å². The van der Waals surface area contributed by atoms with Crippen LogP contribution >= 0.6 is 11.3 Å². The van der Waals surface area contributed by atoms with Crippen LogP contribution in [0.5, 0.6) is 0 Å². The van der Waals surface area contributed by atoms with Crippen molar-refractivity contribution in [1.29, 1.82) is 0 Å². The molecule has 1 aromatic heterocycles.